The Labute approximate surface area is 94.2 Å². The van der Waals surface area contributed by atoms with Gasteiger partial charge in [-0.15, -0.1) is 0 Å². The molecule has 86 valence electrons. The molecule has 0 heterocycles. The summed E-state index contributed by atoms with van der Waals surface area (Å²) in [5, 5.41) is 0. The van der Waals surface area contributed by atoms with Gasteiger partial charge in [0.25, 0.3) is 0 Å². The van der Waals surface area contributed by atoms with E-state index >= 15 is 0 Å². The van der Waals surface area contributed by atoms with Gasteiger partial charge in [0.15, 0.2) is 11.6 Å². The van der Waals surface area contributed by atoms with Crippen LogP contribution in [0.15, 0.2) is 23.2 Å². The predicted octanol–water partition coefficient (Wildman–Crippen LogP) is 3.69. The fourth-order valence-electron chi connectivity index (χ4n) is 2.36. The summed E-state index contributed by atoms with van der Waals surface area (Å²) in [5.74, 6) is -1.18. The standard InChI is InChI=1S/C13H15F2N/c1-16-11-5-2-9(3-6-11)10-4-7-12(14)13(15)8-10/h4,7-9,11H,1-3,5-6H2. The SMILES string of the molecule is C=NC1CCC(c2ccc(F)c(F)c2)CC1. The van der Waals surface area contributed by atoms with Crippen LogP contribution in [0, 0.1) is 11.6 Å². The molecule has 16 heavy (non-hydrogen) atoms. The van der Waals surface area contributed by atoms with Crippen molar-refractivity contribution in [3.63, 3.8) is 0 Å². The van der Waals surface area contributed by atoms with E-state index in [4.69, 9.17) is 0 Å². The average Bonchev–Trinajstić information content (AvgIpc) is 2.33. The van der Waals surface area contributed by atoms with Crippen molar-refractivity contribution in [1.82, 2.24) is 0 Å². The normalized spacial score (nSPS) is 25.4. The average molecular weight is 223 g/mol. The van der Waals surface area contributed by atoms with E-state index in [-0.39, 0.29) is 0 Å². The number of hydrogen-bond acceptors (Lipinski definition) is 1. The van der Waals surface area contributed by atoms with E-state index < -0.39 is 11.6 Å². The van der Waals surface area contributed by atoms with Crippen molar-refractivity contribution < 1.29 is 8.78 Å². The second kappa shape index (κ2) is 4.73. The molecule has 1 fully saturated rings. The van der Waals surface area contributed by atoms with E-state index in [1.807, 2.05) is 0 Å². The lowest BCUT2D eigenvalue weighted by Crippen LogP contribution is -2.15. The summed E-state index contributed by atoms with van der Waals surface area (Å²) in [7, 11) is 0. The van der Waals surface area contributed by atoms with Gasteiger partial charge in [0.2, 0.25) is 0 Å². The van der Waals surface area contributed by atoms with Crippen LogP contribution in [0.1, 0.15) is 37.2 Å². The Morgan fingerprint density at radius 3 is 2.31 bits per heavy atom. The maximum absolute atomic E-state index is 13.1. The Bertz CT molecular complexity index is 382. The van der Waals surface area contributed by atoms with E-state index in [2.05, 4.69) is 11.7 Å². The topological polar surface area (TPSA) is 12.4 Å². The highest BCUT2D eigenvalue weighted by Crippen LogP contribution is 2.34. The minimum absolute atomic E-state index is 0.341. The van der Waals surface area contributed by atoms with Gasteiger partial charge in [0.05, 0.1) is 0 Å². The first-order chi connectivity index (χ1) is 7.70. The quantitative estimate of drug-likeness (QED) is 0.678. The summed E-state index contributed by atoms with van der Waals surface area (Å²) in [5.41, 5.74) is 0.904. The Morgan fingerprint density at radius 2 is 1.75 bits per heavy atom. The van der Waals surface area contributed by atoms with E-state index in [1.54, 1.807) is 6.07 Å². The molecule has 0 radical (unpaired) electrons. The molecule has 0 aliphatic heterocycles. The summed E-state index contributed by atoms with van der Waals surface area (Å²) in [6.45, 7) is 3.55. The van der Waals surface area contributed by atoms with Crippen LogP contribution in [-0.2, 0) is 0 Å². The fraction of sp³-hybridized carbons (Fsp3) is 0.462. The van der Waals surface area contributed by atoms with Crippen molar-refractivity contribution in [2.75, 3.05) is 0 Å². The van der Waals surface area contributed by atoms with Crippen LogP contribution < -0.4 is 0 Å². The van der Waals surface area contributed by atoms with Crippen molar-refractivity contribution in [3.8, 4) is 0 Å². The molecule has 0 saturated heterocycles. The highest BCUT2D eigenvalue weighted by Gasteiger charge is 2.21. The van der Waals surface area contributed by atoms with Crippen LogP contribution in [0.3, 0.4) is 0 Å². The largest absolute Gasteiger partial charge is 0.298 e. The number of benzene rings is 1. The monoisotopic (exact) mass is 223 g/mol. The molecule has 1 aliphatic carbocycles. The Hall–Kier alpha value is -1.25. The third kappa shape index (κ3) is 2.29. The van der Waals surface area contributed by atoms with Crippen molar-refractivity contribution in [2.24, 2.45) is 4.99 Å². The van der Waals surface area contributed by atoms with Gasteiger partial charge in [-0.3, -0.25) is 4.99 Å². The van der Waals surface area contributed by atoms with Gasteiger partial charge in [-0.25, -0.2) is 8.78 Å². The fourth-order valence-corrected chi connectivity index (χ4v) is 2.36. The third-order valence-electron chi connectivity index (χ3n) is 3.37. The third-order valence-corrected chi connectivity index (χ3v) is 3.37. The van der Waals surface area contributed by atoms with Gasteiger partial charge in [-0.2, -0.15) is 0 Å². The van der Waals surface area contributed by atoms with Gasteiger partial charge < -0.3 is 0 Å². The van der Waals surface area contributed by atoms with E-state index in [1.165, 1.54) is 12.1 Å². The molecule has 0 bridgehead atoms. The lowest BCUT2D eigenvalue weighted by Gasteiger charge is -2.26. The zero-order valence-corrected chi connectivity index (χ0v) is 9.13. The molecule has 0 amide bonds. The van der Waals surface area contributed by atoms with Gasteiger partial charge in [0, 0.05) is 6.04 Å². The van der Waals surface area contributed by atoms with Crippen LogP contribution in [0.4, 0.5) is 8.78 Å². The van der Waals surface area contributed by atoms with Crippen molar-refractivity contribution in [2.45, 2.75) is 37.6 Å². The molecule has 3 heteroatoms. The Kier molecular flexibility index (Phi) is 3.32. The Balaban J connectivity index is 2.08. The van der Waals surface area contributed by atoms with Crippen LogP contribution in [-0.4, -0.2) is 12.8 Å². The van der Waals surface area contributed by atoms with Crippen molar-refractivity contribution in [1.29, 1.82) is 0 Å². The molecular weight excluding hydrogens is 208 g/mol. The van der Waals surface area contributed by atoms with Crippen LogP contribution >= 0.6 is 0 Å². The number of rotatable bonds is 2. The van der Waals surface area contributed by atoms with E-state index in [0.717, 1.165) is 31.2 Å². The summed E-state index contributed by atoms with van der Waals surface area (Å²) < 4.78 is 25.9. The van der Waals surface area contributed by atoms with Gasteiger partial charge >= 0.3 is 0 Å². The highest BCUT2D eigenvalue weighted by molar-refractivity contribution is 5.25. The van der Waals surface area contributed by atoms with Gasteiger partial charge in [-0.1, -0.05) is 6.07 Å². The minimum atomic E-state index is -0.773. The predicted molar refractivity (Wildman–Crippen MR) is 60.9 cm³/mol. The molecule has 1 aromatic rings. The van der Waals surface area contributed by atoms with Crippen LogP contribution in [0.2, 0.25) is 0 Å². The number of nitrogens with zero attached hydrogens (tertiary/aromatic N) is 1. The minimum Gasteiger partial charge on any atom is -0.298 e. The molecule has 0 unspecified atom stereocenters. The maximum Gasteiger partial charge on any atom is 0.159 e. The van der Waals surface area contributed by atoms with Crippen molar-refractivity contribution >= 4 is 6.72 Å². The lowest BCUT2D eigenvalue weighted by atomic mass is 9.82. The lowest BCUT2D eigenvalue weighted by molar-refractivity contribution is 0.396. The smallest absolute Gasteiger partial charge is 0.159 e. The second-order valence-electron chi connectivity index (χ2n) is 4.36. The molecule has 0 aromatic heterocycles. The van der Waals surface area contributed by atoms with Gasteiger partial charge in [-0.05, 0) is 56.0 Å². The zero-order chi connectivity index (χ0) is 11.5. The molecule has 0 N–H and O–H groups in total. The molecule has 1 saturated carbocycles. The van der Waals surface area contributed by atoms with E-state index in [0.29, 0.717) is 12.0 Å². The summed E-state index contributed by atoms with van der Waals surface area (Å²) in [6, 6.07) is 4.57. The van der Waals surface area contributed by atoms with Crippen LogP contribution in [0.5, 0.6) is 0 Å². The van der Waals surface area contributed by atoms with E-state index in [9.17, 15) is 8.78 Å². The second-order valence-corrected chi connectivity index (χ2v) is 4.36. The molecule has 0 atom stereocenters. The molecule has 2 rings (SSSR count). The number of aliphatic imine (C=N–C) groups is 1. The van der Waals surface area contributed by atoms with Gasteiger partial charge in [0.1, 0.15) is 0 Å². The summed E-state index contributed by atoms with van der Waals surface area (Å²) in [4.78, 5) is 4.02. The molecule has 1 nitrogen and oxygen atoms in total. The Morgan fingerprint density at radius 1 is 1.06 bits per heavy atom. The molecule has 1 aliphatic rings. The van der Waals surface area contributed by atoms with Crippen LogP contribution in [0.25, 0.3) is 0 Å². The number of halogens is 2. The zero-order valence-electron chi connectivity index (χ0n) is 9.13. The first kappa shape index (κ1) is 11.2. The first-order valence-electron chi connectivity index (χ1n) is 5.61. The maximum atomic E-state index is 13.1. The number of hydrogen-bond donors (Lipinski definition) is 0. The van der Waals surface area contributed by atoms with Crippen molar-refractivity contribution in [3.05, 3.63) is 35.4 Å². The highest BCUT2D eigenvalue weighted by atomic mass is 19.2. The molecular formula is C13H15F2N. The summed E-state index contributed by atoms with van der Waals surface area (Å²) in [6.07, 6.45) is 3.95. The molecule has 0 spiro atoms. The molecule has 1 aromatic carbocycles. The first-order valence-corrected chi connectivity index (χ1v) is 5.61. The summed E-state index contributed by atoms with van der Waals surface area (Å²) >= 11 is 0.